The second-order valence-corrected chi connectivity index (χ2v) is 4.14. The van der Waals surface area contributed by atoms with Crippen LogP contribution >= 0.6 is 0 Å². The Morgan fingerprint density at radius 1 is 1.24 bits per heavy atom. The highest BCUT2D eigenvalue weighted by Crippen LogP contribution is 2.23. The van der Waals surface area contributed by atoms with Gasteiger partial charge in [-0.15, -0.1) is 5.92 Å². The smallest absolute Gasteiger partial charge is 0.306 e. The molecule has 0 spiro atoms. The van der Waals surface area contributed by atoms with E-state index in [9.17, 15) is 4.79 Å². The number of carbonyl (C=O) groups is 1. The summed E-state index contributed by atoms with van der Waals surface area (Å²) in [6.07, 6.45) is 0.825. The van der Waals surface area contributed by atoms with Crippen LogP contribution in [0.5, 0.6) is 0 Å². The van der Waals surface area contributed by atoms with Gasteiger partial charge in [-0.25, -0.2) is 9.80 Å². The highest BCUT2D eigenvalue weighted by atomic mass is 16.2. The summed E-state index contributed by atoms with van der Waals surface area (Å²) in [7, 11) is 0. The molecular formula is C13H13N3O. The second kappa shape index (κ2) is 4.11. The number of fused-ring (bicyclic) bond motifs is 1. The van der Waals surface area contributed by atoms with Crippen LogP contribution in [-0.4, -0.2) is 29.1 Å². The molecule has 17 heavy (non-hydrogen) atoms. The molecule has 1 aromatic rings. The number of urea groups is 1. The lowest BCUT2D eigenvalue weighted by Gasteiger charge is -2.37. The lowest BCUT2D eigenvalue weighted by atomic mass is 10.1. The second-order valence-electron chi connectivity index (χ2n) is 4.14. The van der Waals surface area contributed by atoms with Crippen LogP contribution in [0.1, 0.15) is 12.0 Å². The Kier molecular flexibility index (Phi) is 2.46. The predicted octanol–water partition coefficient (Wildman–Crippen LogP) is 1.66. The fourth-order valence-electron chi connectivity index (χ4n) is 2.13. The predicted molar refractivity (Wildman–Crippen MR) is 65.0 cm³/mol. The van der Waals surface area contributed by atoms with Crippen LogP contribution in [0.2, 0.25) is 0 Å². The molecule has 2 heterocycles. The standard InChI is InChI=1S/C13H13N3O/c17-13-14-12-7-3-2-6-11(12)10-16(13)15-8-4-1-5-9-15/h2-3,6-7H,4,8-10H2,(H,14,17). The summed E-state index contributed by atoms with van der Waals surface area (Å²) in [4.78, 5) is 12.0. The topological polar surface area (TPSA) is 35.6 Å². The van der Waals surface area contributed by atoms with Crippen LogP contribution in [0, 0.1) is 11.8 Å². The molecule has 3 rings (SSSR count). The van der Waals surface area contributed by atoms with E-state index in [2.05, 4.69) is 17.2 Å². The molecule has 2 amide bonds. The zero-order valence-corrected chi connectivity index (χ0v) is 9.44. The van der Waals surface area contributed by atoms with Gasteiger partial charge in [-0.1, -0.05) is 24.1 Å². The van der Waals surface area contributed by atoms with Crippen LogP contribution in [-0.2, 0) is 6.54 Å². The zero-order valence-electron chi connectivity index (χ0n) is 9.44. The third kappa shape index (κ3) is 1.85. The van der Waals surface area contributed by atoms with Gasteiger partial charge in [-0.2, -0.15) is 0 Å². The number of amides is 2. The first kappa shape index (κ1) is 10.2. The van der Waals surface area contributed by atoms with Crippen molar-refractivity contribution >= 4 is 11.7 Å². The van der Waals surface area contributed by atoms with Gasteiger partial charge < -0.3 is 5.32 Å². The van der Waals surface area contributed by atoms with Gasteiger partial charge in [-0.3, -0.25) is 5.01 Å². The van der Waals surface area contributed by atoms with Gasteiger partial charge in [-0.05, 0) is 11.6 Å². The summed E-state index contributed by atoms with van der Waals surface area (Å²) in [6, 6.07) is 7.83. The molecule has 86 valence electrons. The first-order chi connectivity index (χ1) is 8.34. The highest BCUT2D eigenvalue weighted by molar-refractivity contribution is 5.91. The van der Waals surface area contributed by atoms with Crippen LogP contribution < -0.4 is 5.32 Å². The number of hydrogen-bond donors (Lipinski definition) is 1. The van der Waals surface area contributed by atoms with E-state index in [0.717, 1.165) is 24.2 Å². The molecule has 0 radical (unpaired) electrons. The molecule has 2 aliphatic heterocycles. The normalized spacial score (nSPS) is 19.1. The summed E-state index contributed by atoms with van der Waals surface area (Å²) in [5, 5.41) is 6.65. The maximum atomic E-state index is 12.0. The molecule has 0 atom stereocenters. The van der Waals surface area contributed by atoms with E-state index in [1.807, 2.05) is 29.3 Å². The first-order valence-electron chi connectivity index (χ1n) is 5.71. The van der Waals surface area contributed by atoms with E-state index in [0.29, 0.717) is 13.1 Å². The number of carbonyl (C=O) groups excluding carboxylic acids is 1. The van der Waals surface area contributed by atoms with Crippen molar-refractivity contribution in [1.29, 1.82) is 0 Å². The fourth-order valence-corrected chi connectivity index (χ4v) is 2.13. The molecule has 1 N–H and O–H groups in total. The van der Waals surface area contributed by atoms with Gasteiger partial charge in [0.05, 0.1) is 13.1 Å². The van der Waals surface area contributed by atoms with Crippen molar-refractivity contribution < 1.29 is 4.79 Å². The Labute approximate surface area is 100 Å². The lowest BCUT2D eigenvalue weighted by Crippen LogP contribution is -2.51. The Bertz CT molecular complexity index is 515. The maximum Gasteiger partial charge on any atom is 0.336 e. The van der Waals surface area contributed by atoms with Gasteiger partial charge in [0.2, 0.25) is 0 Å². The van der Waals surface area contributed by atoms with Crippen LogP contribution in [0.4, 0.5) is 10.5 Å². The largest absolute Gasteiger partial charge is 0.336 e. The number of hydrogen-bond acceptors (Lipinski definition) is 2. The van der Waals surface area contributed by atoms with E-state index in [4.69, 9.17) is 0 Å². The van der Waals surface area contributed by atoms with E-state index in [1.165, 1.54) is 0 Å². The molecule has 0 bridgehead atoms. The number of nitrogens with zero attached hydrogens (tertiary/aromatic N) is 2. The fraction of sp³-hybridized carbons (Fsp3) is 0.308. The van der Waals surface area contributed by atoms with Crippen LogP contribution in [0.3, 0.4) is 0 Å². The zero-order chi connectivity index (χ0) is 11.7. The van der Waals surface area contributed by atoms with Crippen molar-refractivity contribution in [3.05, 3.63) is 29.8 Å². The quantitative estimate of drug-likeness (QED) is 0.741. The third-order valence-corrected chi connectivity index (χ3v) is 3.04. The number of rotatable bonds is 1. The minimum Gasteiger partial charge on any atom is -0.306 e. The lowest BCUT2D eigenvalue weighted by molar-refractivity contribution is 0.0232. The van der Waals surface area contributed by atoms with Crippen molar-refractivity contribution in [1.82, 2.24) is 10.0 Å². The van der Waals surface area contributed by atoms with E-state index in [1.54, 1.807) is 5.01 Å². The Balaban J connectivity index is 1.85. The molecule has 1 aromatic carbocycles. The number of benzene rings is 1. The minimum atomic E-state index is -0.0626. The van der Waals surface area contributed by atoms with Crippen LogP contribution in [0.15, 0.2) is 24.3 Å². The summed E-state index contributed by atoms with van der Waals surface area (Å²) in [6.45, 7) is 2.09. The average molecular weight is 227 g/mol. The number of hydrazine groups is 1. The van der Waals surface area contributed by atoms with Gasteiger partial charge in [0.25, 0.3) is 0 Å². The molecular weight excluding hydrogens is 214 g/mol. The highest BCUT2D eigenvalue weighted by Gasteiger charge is 2.27. The van der Waals surface area contributed by atoms with Gasteiger partial charge >= 0.3 is 6.03 Å². The maximum absolute atomic E-state index is 12.0. The number of para-hydroxylation sites is 1. The number of nitrogens with one attached hydrogen (secondary N) is 1. The Hall–Kier alpha value is -1.99. The average Bonchev–Trinajstić information content (AvgIpc) is 2.39. The SMILES string of the molecule is O=C1Nc2ccccc2CN1N1CC#CCC1. The van der Waals surface area contributed by atoms with E-state index >= 15 is 0 Å². The summed E-state index contributed by atoms with van der Waals surface area (Å²) in [5.74, 6) is 6.07. The van der Waals surface area contributed by atoms with E-state index < -0.39 is 0 Å². The van der Waals surface area contributed by atoms with Crippen molar-refractivity contribution in [3.8, 4) is 11.8 Å². The molecule has 0 aliphatic carbocycles. The summed E-state index contributed by atoms with van der Waals surface area (Å²) < 4.78 is 0. The Morgan fingerprint density at radius 3 is 2.94 bits per heavy atom. The molecule has 0 aromatic heterocycles. The molecule has 2 aliphatic rings. The summed E-state index contributed by atoms with van der Waals surface area (Å²) in [5.41, 5.74) is 2.06. The van der Waals surface area contributed by atoms with Crippen molar-refractivity contribution in [2.75, 3.05) is 18.4 Å². The van der Waals surface area contributed by atoms with Crippen molar-refractivity contribution in [2.45, 2.75) is 13.0 Å². The van der Waals surface area contributed by atoms with Gasteiger partial charge in [0, 0.05) is 18.7 Å². The Morgan fingerprint density at radius 2 is 2.12 bits per heavy atom. The molecule has 0 fully saturated rings. The molecule has 4 heteroatoms. The third-order valence-electron chi connectivity index (χ3n) is 3.04. The molecule has 0 unspecified atom stereocenters. The van der Waals surface area contributed by atoms with Gasteiger partial charge in [0.15, 0.2) is 0 Å². The first-order valence-corrected chi connectivity index (χ1v) is 5.71. The molecule has 0 saturated heterocycles. The minimum absolute atomic E-state index is 0.0626. The molecule has 4 nitrogen and oxygen atoms in total. The van der Waals surface area contributed by atoms with Gasteiger partial charge in [0.1, 0.15) is 0 Å². The van der Waals surface area contributed by atoms with Crippen molar-refractivity contribution in [3.63, 3.8) is 0 Å². The molecule has 0 saturated carbocycles. The summed E-state index contributed by atoms with van der Waals surface area (Å²) >= 11 is 0. The monoisotopic (exact) mass is 227 g/mol. The number of anilines is 1. The van der Waals surface area contributed by atoms with E-state index in [-0.39, 0.29) is 6.03 Å². The van der Waals surface area contributed by atoms with Crippen molar-refractivity contribution in [2.24, 2.45) is 0 Å². The van der Waals surface area contributed by atoms with Crippen LogP contribution in [0.25, 0.3) is 0 Å².